The number of likely N-dealkylation sites (N-methyl/N-ethyl adjacent to an activating group) is 1. The summed E-state index contributed by atoms with van der Waals surface area (Å²) in [7, 11) is 0. The quantitative estimate of drug-likeness (QED) is 0.278. The lowest BCUT2D eigenvalue weighted by Gasteiger charge is -2.31. The maximum atomic E-state index is 13.5. The molecule has 1 N–H and O–H groups in total. The third kappa shape index (κ3) is 8.19. The van der Waals surface area contributed by atoms with Gasteiger partial charge in [0.15, 0.2) is 0 Å². The molecule has 0 aliphatic heterocycles. The van der Waals surface area contributed by atoms with E-state index in [1.807, 2.05) is 85.8 Å². The van der Waals surface area contributed by atoms with E-state index in [-0.39, 0.29) is 11.8 Å². The lowest BCUT2D eigenvalue weighted by Crippen LogP contribution is -2.50. The van der Waals surface area contributed by atoms with Crippen LogP contribution in [0.15, 0.2) is 88.2 Å². The Labute approximate surface area is 219 Å². The average Bonchev–Trinajstić information content (AvgIpc) is 2.83. The first-order valence-electron chi connectivity index (χ1n) is 11.2. The van der Waals surface area contributed by atoms with Crippen LogP contribution in [-0.2, 0) is 22.6 Å². The molecule has 0 unspecified atom stereocenters. The van der Waals surface area contributed by atoms with Crippen LogP contribution in [0.4, 0.5) is 0 Å². The normalized spacial score (nSPS) is 11.6. The van der Waals surface area contributed by atoms with E-state index in [2.05, 4.69) is 21.2 Å². The summed E-state index contributed by atoms with van der Waals surface area (Å²) in [5.41, 5.74) is 1.98. The van der Waals surface area contributed by atoms with Crippen molar-refractivity contribution in [2.45, 2.75) is 37.2 Å². The van der Waals surface area contributed by atoms with Crippen LogP contribution in [0, 0.1) is 0 Å². The smallest absolute Gasteiger partial charge is 0.243 e. The molecule has 0 saturated heterocycles. The third-order valence-electron chi connectivity index (χ3n) is 5.26. The van der Waals surface area contributed by atoms with Crippen molar-refractivity contribution in [3.05, 3.63) is 99.5 Å². The number of halogens is 2. The Morgan fingerprint density at radius 1 is 1.00 bits per heavy atom. The third-order valence-corrected chi connectivity index (χ3v) is 7.02. The topological polar surface area (TPSA) is 49.4 Å². The molecular formula is C27H28BrClN2O2S. The van der Waals surface area contributed by atoms with Crippen LogP contribution in [0.3, 0.4) is 0 Å². The van der Waals surface area contributed by atoms with Gasteiger partial charge in [0.2, 0.25) is 11.8 Å². The zero-order valence-electron chi connectivity index (χ0n) is 19.0. The molecular weight excluding hydrogens is 532 g/mol. The fourth-order valence-electron chi connectivity index (χ4n) is 3.61. The molecule has 34 heavy (non-hydrogen) atoms. The monoisotopic (exact) mass is 558 g/mol. The minimum Gasteiger partial charge on any atom is -0.355 e. The van der Waals surface area contributed by atoms with Crippen LogP contribution in [-0.4, -0.2) is 35.1 Å². The summed E-state index contributed by atoms with van der Waals surface area (Å²) in [6, 6.07) is 24.7. The number of nitrogens with one attached hydrogen (secondary N) is 1. The highest BCUT2D eigenvalue weighted by Crippen LogP contribution is 2.23. The number of carbonyl (C=O) groups excluding carboxylic acids is 2. The maximum absolute atomic E-state index is 13.5. The summed E-state index contributed by atoms with van der Waals surface area (Å²) >= 11 is 11.1. The predicted molar refractivity (Wildman–Crippen MR) is 144 cm³/mol. The fourth-order valence-corrected chi connectivity index (χ4v) is 5.02. The summed E-state index contributed by atoms with van der Waals surface area (Å²) in [5.74, 6) is 0.428. The minimum atomic E-state index is -0.602. The van der Waals surface area contributed by atoms with E-state index in [1.54, 1.807) is 16.7 Å². The van der Waals surface area contributed by atoms with Gasteiger partial charge in [-0.1, -0.05) is 70.0 Å². The lowest BCUT2D eigenvalue weighted by molar-refractivity contribution is -0.140. The van der Waals surface area contributed by atoms with Crippen molar-refractivity contribution in [3.63, 3.8) is 0 Å². The molecule has 0 radical (unpaired) electrons. The van der Waals surface area contributed by atoms with Crippen LogP contribution >= 0.6 is 39.3 Å². The predicted octanol–water partition coefficient (Wildman–Crippen LogP) is 6.36. The zero-order chi connectivity index (χ0) is 24.3. The maximum Gasteiger partial charge on any atom is 0.243 e. The highest BCUT2D eigenvalue weighted by atomic mass is 79.9. The van der Waals surface area contributed by atoms with Crippen molar-refractivity contribution >= 4 is 51.1 Å². The number of benzene rings is 3. The van der Waals surface area contributed by atoms with Gasteiger partial charge in [0.25, 0.3) is 0 Å². The van der Waals surface area contributed by atoms with Crippen LogP contribution in [0.25, 0.3) is 0 Å². The molecule has 0 aliphatic carbocycles. The van der Waals surface area contributed by atoms with Gasteiger partial charge in [-0.2, -0.15) is 0 Å². The van der Waals surface area contributed by atoms with Crippen LogP contribution in [0.1, 0.15) is 24.5 Å². The number of carbonyl (C=O) groups is 2. The van der Waals surface area contributed by atoms with Gasteiger partial charge >= 0.3 is 0 Å². The number of hydrogen-bond donors (Lipinski definition) is 1. The van der Waals surface area contributed by atoms with E-state index >= 15 is 0 Å². The van der Waals surface area contributed by atoms with E-state index in [9.17, 15) is 9.59 Å². The van der Waals surface area contributed by atoms with Gasteiger partial charge < -0.3 is 10.2 Å². The molecule has 4 nitrogen and oxygen atoms in total. The molecule has 0 saturated carbocycles. The van der Waals surface area contributed by atoms with Crippen LogP contribution < -0.4 is 5.32 Å². The molecule has 3 rings (SSSR count). The molecule has 0 bridgehead atoms. The molecule has 0 fully saturated rings. The van der Waals surface area contributed by atoms with E-state index in [0.29, 0.717) is 36.7 Å². The highest BCUT2D eigenvalue weighted by molar-refractivity contribution is 9.10. The van der Waals surface area contributed by atoms with E-state index in [1.165, 1.54) is 0 Å². The van der Waals surface area contributed by atoms with Gasteiger partial charge in [-0.25, -0.2) is 0 Å². The highest BCUT2D eigenvalue weighted by Gasteiger charge is 2.29. The van der Waals surface area contributed by atoms with E-state index in [0.717, 1.165) is 20.5 Å². The first-order chi connectivity index (χ1) is 16.5. The number of thioether (sulfide) groups is 1. The summed E-state index contributed by atoms with van der Waals surface area (Å²) in [6.45, 7) is 2.76. The minimum absolute atomic E-state index is 0.0476. The van der Waals surface area contributed by atoms with Gasteiger partial charge in [0.05, 0.1) is 0 Å². The van der Waals surface area contributed by atoms with Crippen molar-refractivity contribution in [3.8, 4) is 0 Å². The Hall–Kier alpha value is -2.28. The fraction of sp³-hybridized carbons (Fsp3) is 0.259. The number of amides is 2. The van der Waals surface area contributed by atoms with Crippen molar-refractivity contribution in [2.24, 2.45) is 0 Å². The van der Waals surface area contributed by atoms with Crippen LogP contribution in [0.5, 0.6) is 0 Å². The first kappa shape index (κ1) is 26.3. The van der Waals surface area contributed by atoms with Crippen molar-refractivity contribution in [1.29, 1.82) is 0 Å². The van der Waals surface area contributed by atoms with Crippen molar-refractivity contribution < 1.29 is 9.59 Å². The first-order valence-corrected chi connectivity index (χ1v) is 13.4. The second-order valence-corrected chi connectivity index (χ2v) is 10.3. The molecule has 0 aromatic heterocycles. The lowest BCUT2D eigenvalue weighted by atomic mass is 10.0. The number of nitrogens with zero attached hydrogens (tertiary/aromatic N) is 1. The van der Waals surface area contributed by atoms with Gasteiger partial charge in [-0.3, -0.25) is 9.59 Å². The summed E-state index contributed by atoms with van der Waals surface area (Å²) in [6.07, 6.45) is 0.780. The Morgan fingerprint density at radius 3 is 2.38 bits per heavy atom. The van der Waals surface area contributed by atoms with Gasteiger partial charge in [0.1, 0.15) is 6.04 Å². The van der Waals surface area contributed by atoms with Gasteiger partial charge in [-0.05, 0) is 54.4 Å². The summed E-state index contributed by atoms with van der Waals surface area (Å²) in [4.78, 5) is 29.4. The molecule has 3 aromatic carbocycles. The Morgan fingerprint density at radius 2 is 1.71 bits per heavy atom. The Bertz CT molecular complexity index is 1080. The summed E-state index contributed by atoms with van der Waals surface area (Å²) in [5, 5.41) is 3.61. The van der Waals surface area contributed by atoms with Crippen molar-refractivity contribution in [2.75, 3.05) is 12.3 Å². The molecule has 0 spiro atoms. The molecule has 1 atom stereocenters. The average molecular weight is 560 g/mol. The van der Waals surface area contributed by atoms with Crippen molar-refractivity contribution in [1.82, 2.24) is 10.2 Å². The zero-order valence-corrected chi connectivity index (χ0v) is 22.2. The van der Waals surface area contributed by atoms with Gasteiger partial charge in [0, 0.05) is 46.1 Å². The molecule has 178 valence electrons. The largest absolute Gasteiger partial charge is 0.355 e. The Balaban J connectivity index is 1.81. The molecule has 2 amide bonds. The number of rotatable bonds is 11. The standard InChI is InChI=1S/C27H28BrClN2O2S/c1-2-30-27(33)25(18-20-7-4-3-5-8-20)31(19-21-9-6-10-22(28)17-21)26(32)15-16-34-24-13-11-23(29)12-14-24/h3-14,17,25H,2,15-16,18-19H2,1H3,(H,30,33)/t25-/m0/s1. The van der Waals surface area contributed by atoms with E-state index in [4.69, 9.17) is 11.6 Å². The second kappa shape index (κ2) is 13.6. The molecule has 7 heteroatoms. The SMILES string of the molecule is CCNC(=O)[C@H](Cc1ccccc1)N(Cc1cccc(Br)c1)C(=O)CCSc1ccc(Cl)cc1. The number of hydrogen-bond acceptors (Lipinski definition) is 3. The van der Waals surface area contributed by atoms with Gasteiger partial charge in [-0.15, -0.1) is 11.8 Å². The Kier molecular flexibility index (Phi) is 10.5. The molecule has 0 heterocycles. The summed E-state index contributed by atoms with van der Waals surface area (Å²) < 4.78 is 0.938. The second-order valence-electron chi connectivity index (χ2n) is 7.80. The van der Waals surface area contributed by atoms with Crippen LogP contribution in [0.2, 0.25) is 5.02 Å². The molecule has 0 aliphatic rings. The van der Waals surface area contributed by atoms with E-state index < -0.39 is 6.04 Å². The molecule has 3 aromatic rings.